The zero-order valence-corrected chi connectivity index (χ0v) is 10.3. The topological polar surface area (TPSA) is 40.5 Å². The minimum atomic E-state index is 0.203. The van der Waals surface area contributed by atoms with Crippen LogP contribution >= 0.6 is 0 Å². The van der Waals surface area contributed by atoms with Crippen molar-refractivity contribution in [1.29, 1.82) is 0 Å². The molecule has 2 heteroatoms. The van der Waals surface area contributed by atoms with E-state index in [0.717, 1.165) is 11.1 Å². The lowest BCUT2D eigenvalue weighted by Gasteiger charge is -2.14. The molecule has 0 spiro atoms. The highest BCUT2D eigenvalue weighted by Gasteiger charge is 2.13. The van der Waals surface area contributed by atoms with Gasteiger partial charge in [0.15, 0.2) is 0 Å². The fourth-order valence-corrected chi connectivity index (χ4v) is 2.05. The van der Waals surface area contributed by atoms with Crippen LogP contribution in [-0.4, -0.2) is 10.2 Å². The van der Waals surface area contributed by atoms with Crippen LogP contribution in [0.25, 0.3) is 11.1 Å². The molecule has 88 valence electrons. The maximum atomic E-state index is 9.97. The zero-order chi connectivity index (χ0) is 12.6. The Balaban J connectivity index is 2.77. The molecule has 2 aromatic carbocycles. The van der Waals surface area contributed by atoms with Crippen LogP contribution in [0, 0.1) is 20.8 Å². The highest BCUT2D eigenvalue weighted by molar-refractivity contribution is 5.78. The minimum absolute atomic E-state index is 0.203. The van der Waals surface area contributed by atoms with E-state index < -0.39 is 0 Å². The molecular weight excluding hydrogens is 212 g/mol. The molecule has 2 N–H and O–H groups in total. The normalized spacial score (nSPS) is 10.5. The molecule has 0 bridgehead atoms. The predicted molar refractivity (Wildman–Crippen MR) is 69.4 cm³/mol. The minimum Gasteiger partial charge on any atom is -0.508 e. The number of phenols is 2. The van der Waals surface area contributed by atoms with Crippen molar-refractivity contribution in [1.82, 2.24) is 0 Å². The Hall–Kier alpha value is -1.96. The molecule has 17 heavy (non-hydrogen) atoms. The van der Waals surface area contributed by atoms with Gasteiger partial charge in [-0.3, -0.25) is 0 Å². The molecule has 0 heterocycles. The van der Waals surface area contributed by atoms with Gasteiger partial charge in [-0.2, -0.15) is 0 Å². The lowest BCUT2D eigenvalue weighted by atomic mass is 9.93. The van der Waals surface area contributed by atoms with Crippen molar-refractivity contribution in [2.75, 3.05) is 0 Å². The first-order valence-electron chi connectivity index (χ1n) is 5.60. The Kier molecular flexibility index (Phi) is 2.80. The van der Waals surface area contributed by atoms with Gasteiger partial charge in [0.25, 0.3) is 0 Å². The Labute approximate surface area is 101 Å². The molecule has 0 aromatic heterocycles. The van der Waals surface area contributed by atoms with Gasteiger partial charge in [0, 0.05) is 11.1 Å². The molecule has 0 aliphatic heterocycles. The van der Waals surface area contributed by atoms with E-state index in [2.05, 4.69) is 0 Å². The Morgan fingerprint density at radius 1 is 0.765 bits per heavy atom. The first-order valence-corrected chi connectivity index (χ1v) is 5.60. The molecule has 2 aromatic rings. The van der Waals surface area contributed by atoms with Gasteiger partial charge in [0.1, 0.15) is 11.5 Å². The van der Waals surface area contributed by atoms with Crippen LogP contribution in [0.15, 0.2) is 30.3 Å². The van der Waals surface area contributed by atoms with Gasteiger partial charge in [-0.25, -0.2) is 0 Å². The van der Waals surface area contributed by atoms with Crippen molar-refractivity contribution in [3.63, 3.8) is 0 Å². The van der Waals surface area contributed by atoms with E-state index in [0.29, 0.717) is 11.1 Å². The Bertz CT molecular complexity index is 571. The van der Waals surface area contributed by atoms with E-state index in [-0.39, 0.29) is 11.5 Å². The third-order valence-corrected chi connectivity index (χ3v) is 3.29. The monoisotopic (exact) mass is 228 g/mol. The largest absolute Gasteiger partial charge is 0.508 e. The second-order valence-corrected chi connectivity index (χ2v) is 4.35. The number of rotatable bonds is 1. The highest BCUT2D eigenvalue weighted by atomic mass is 16.3. The fourth-order valence-electron chi connectivity index (χ4n) is 2.05. The number of benzene rings is 2. The summed E-state index contributed by atoms with van der Waals surface area (Å²) < 4.78 is 0. The number of phenolic OH excluding ortho intramolecular Hbond substituents is 2. The van der Waals surface area contributed by atoms with Crippen molar-refractivity contribution in [3.05, 3.63) is 47.0 Å². The summed E-state index contributed by atoms with van der Waals surface area (Å²) in [5.74, 6) is 0.410. The molecule has 0 aliphatic carbocycles. The predicted octanol–water partition coefficient (Wildman–Crippen LogP) is 3.69. The van der Waals surface area contributed by atoms with Gasteiger partial charge in [0.2, 0.25) is 0 Å². The second-order valence-electron chi connectivity index (χ2n) is 4.35. The van der Waals surface area contributed by atoms with Gasteiger partial charge in [-0.05, 0) is 49.6 Å². The van der Waals surface area contributed by atoms with Crippen molar-refractivity contribution in [2.24, 2.45) is 0 Å². The number of hydrogen-bond acceptors (Lipinski definition) is 2. The Morgan fingerprint density at radius 2 is 1.41 bits per heavy atom. The maximum absolute atomic E-state index is 9.97. The summed E-state index contributed by atoms with van der Waals surface area (Å²) in [5.41, 5.74) is 4.68. The maximum Gasteiger partial charge on any atom is 0.123 e. The Morgan fingerprint density at radius 3 is 2.12 bits per heavy atom. The van der Waals surface area contributed by atoms with Gasteiger partial charge in [-0.1, -0.05) is 18.2 Å². The lowest BCUT2D eigenvalue weighted by molar-refractivity contribution is 0.458. The number of aromatic hydroxyl groups is 2. The molecule has 2 nitrogen and oxygen atoms in total. The molecule has 0 saturated carbocycles. The summed E-state index contributed by atoms with van der Waals surface area (Å²) in [7, 11) is 0. The average molecular weight is 228 g/mol. The van der Waals surface area contributed by atoms with Crippen LogP contribution in [0.2, 0.25) is 0 Å². The van der Waals surface area contributed by atoms with Crippen molar-refractivity contribution in [2.45, 2.75) is 20.8 Å². The number of hydrogen-bond donors (Lipinski definition) is 2. The first kappa shape index (κ1) is 11.5. The van der Waals surface area contributed by atoms with Gasteiger partial charge < -0.3 is 10.2 Å². The molecular formula is C15H16O2. The van der Waals surface area contributed by atoms with Crippen molar-refractivity contribution in [3.8, 4) is 22.6 Å². The third-order valence-electron chi connectivity index (χ3n) is 3.29. The van der Waals surface area contributed by atoms with Gasteiger partial charge in [-0.15, -0.1) is 0 Å². The first-order chi connectivity index (χ1) is 8.02. The van der Waals surface area contributed by atoms with E-state index in [1.54, 1.807) is 0 Å². The fraction of sp³-hybridized carbons (Fsp3) is 0.200. The summed E-state index contributed by atoms with van der Waals surface area (Å²) in [6.07, 6.45) is 0. The van der Waals surface area contributed by atoms with Crippen LogP contribution < -0.4 is 0 Å². The smallest absolute Gasteiger partial charge is 0.123 e. The average Bonchev–Trinajstić information content (AvgIpc) is 2.30. The van der Waals surface area contributed by atoms with E-state index >= 15 is 0 Å². The molecule has 0 atom stereocenters. The van der Waals surface area contributed by atoms with Crippen molar-refractivity contribution >= 4 is 0 Å². The summed E-state index contributed by atoms with van der Waals surface area (Å²) >= 11 is 0. The quantitative estimate of drug-likeness (QED) is 0.731. The van der Waals surface area contributed by atoms with Crippen LogP contribution in [-0.2, 0) is 0 Å². The molecule has 2 rings (SSSR count). The summed E-state index contributed by atoms with van der Waals surface area (Å²) in [4.78, 5) is 0. The zero-order valence-electron chi connectivity index (χ0n) is 10.3. The molecule has 0 amide bonds. The van der Waals surface area contributed by atoms with Gasteiger partial charge in [0.05, 0.1) is 0 Å². The van der Waals surface area contributed by atoms with E-state index in [9.17, 15) is 10.2 Å². The summed E-state index contributed by atoms with van der Waals surface area (Å²) in [5, 5.41) is 19.7. The van der Waals surface area contributed by atoms with E-state index in [1.807, 2.05) is 39.0 Å². The molecule has 0 fully saturated rings. The summed E-state index contributed by atoms with van der Waals surface area (Å²) in [6, 6.07) is 9.00. The van der Waals surface area contributed by atoms with Crippen molar-refractivity contribution < 1.29 is 10.2 Å². The molecule has 0 aliphatic rings. The highest BCUT2D eigenvalue weighted by Crippen LogP contribution is 2.38. The lowest BCUT2D eigenvalue weighted by Crippen LogP contribution is -1.90. The second kappa shape index (κ2) is 4.13. The molecule has 0 unspecified atom stereocenters. The van der Waals surface area contributed by atoms with E-state index in [1.165, 1.54) is 17.7 Å². The standard InChI is InChI=1S/C15H16O2/c1-9-5-4-6-12(10(9)2)15-11(3)13(16)7-8-14(15)17/h4-8,16-17H,1-3H3. The van der Waals surface area contributed by atoms with Crippen LogP contribution in [0.5, 0.6) is 11.5 Å². The SMILES string of the molecule is Cc1cccc(-c2c(O)ccc(O)c2C)c1C. The third kappa shape index (κ3) is 1.86. The summed E-state index contributed by atoms with van der Waals surface area (Å²) in [6.45, 7) is 5.87. The van der Waals surface area contributed by atoms with Gasteiger partial charge >= 0.3 is 0 Å². The van der Waals surface area contributed by atoms with Crippen LogP contribution in [0.1, 0.15) is 16.7 Å². The van der Waals surface area contributed by atoms with E-state index in [4.69, 9.17) is 0 Å². The molecule has 0 radical (unpaired) electrons. The molecule has 0 saturated heterocycles. The number of aryl methyl sites for hydroxylation is 1. The van der Waals surface area contributed by atoms with Crippen LogP contribution in [0.4, 0.5) is 0 Å². The van der Waals surface area contributed by atoms with Crippen LogP contribution in [0.3, 0.4) is 0 Å².